The highest BCUT2D eigenvalue weighted by Crippen LogP contribution is 2.20. The van der Waals surface area contributed by atoms with Crippen molar-refractivity contribution < 1.29 is 4.39 Å². The zero-order valence-electron chi connectivity index (χ0n) is 9.30. The molecule has 0 bridgehead atoms. The van der Waals surface area contributed by atoms with E-state index in [0.717, 1.165) is 4.47 Å². The Balaban J connectivity index is 2.66. The first-order chi connectivity index (χ1) is 7.54. The van der Waals surface area contributed by atoms with Gasteiger partial charge in [0.25, 0.3) is 0 Å². The first-order valence-corrected chi connectivity index (χ1v) is 5.92. The summed E-state index contributed by atoms with van der Waals surface area (Å²) < 4.78 is 14.3. The number of halogens is 2. The molecule has 1 aromatic rings. The quantitative estimate of drug-likeness (QED) is 0.920. The van der Waals surface area contributed by atoms with E-state index in [1.807, 2.05) is 19.9 Å². The molecule has 1 aromatic carbocycles. The Hall–Kier alpha value is -0.920. The van der Waals surface area contributed by atoms with Crippen LogP contribution in [0.5, 0.6) is 0 Å². The van der Waals surface area contributed by atoms with Gasteiger partial charge in [0, 0.05) is 22.6 Å². The van der Waals surface area contributed by atoms with Crippen LogP contribution in [0.15, 0.2) is 22.7 Å². The van der Waals surface area contributed by atoms with Crippen molar-refractivity contribution in [2.24, 2.45) is 5.92 Å². The number of nitrogens with zero attached hydrogens (tertiary/aromatic N) is 1. The third-order valence-corrected chi connectivity index (χ3v) is 2.87. The molecule has 16 heavy (non-hydrogen) atoms. The normalized spacial score (nSPS) is 14.2. The van der Waals surface area contributed by atoms with Gasteiger partial charge in [0.15, 0.2) is 0 Å². The lowest BCUT2D eigenvalue weighted by atomic mass is 10.1. The van der Waals surface area contributed by atoms with Crippen molar-refractivity contribution in [3.8, 4) is 6.07 Å². The summed E-state index contributed by atoms with van der Waals surface area (Å²) in [7, 11) is 0. The van der Waals surface area contributed by atoms with E-state index in [4.69, 9.17) is 5.26 Å². The fourth-order valence-electron chi connectivity index (χ4n) is 1.36. The maximum Gasteiger partial charge on any atom is 0.129 e. The van der Waals surface area contributed by atoms with Crippen LogP contribution in [0.25, 0.3) is 0 Å². The highest BCUT2D eigenvalue weighted by Gasteiger charge is 2.11. The predicted octanol–water partition coefficient (Wildman–Crippen LogP) is 3.40. The minimum Gasteiger partial charge on any atom is -0.309 e. The Kier molecular flexibility index (Phi) is 4.91. The average Bonchev–Trinajstić information content (AvgIpc) is 2.25. The van der Waals surface area contributed by atoms with Crippen molar-refractivity contribution in [3.63, 3.8) is 0 Å². The largest absolute Gasteiger partial charge is 0.309 e. The molecule has 0 aliphatic heterocycles. The average molecular weight is 285 g/mol. The molecule has 2 unspecified atom stereocenters. The summed E-state index contributed by atoms with van der Waals surface area (Å²) in [6.45, 7) is 4.28. The predicted molar refractivity (Wildman–Crippen MR) is 65.3 cm³/mol. The van der Waals surface area contributed by atoms with Crippen LogP contribution < -0.4 is 5.32 Å². The fraction of sp³-hybridized carbons (Fsp3) is 0.417. The van der Waals surface area contributed by atoms with Crippen LogP contribution in [0.2, 0.25) is 0 Å². The molecule has 2 nitrogen and oxygen atoms in total. The van der Waals surface area contributed by atoms with Gasteiger partial charge >= 0.3 is 0 Å². The molecular weight excluding hydrogens is 271 g/mol. The molecule has 0 aromatic heterocycles. The van der Waals surface area contributed by atoms with Crippen molar-refractivity contribution >= 4 is 15.9 Å². The SMILES string of the molecule is CC(C#N)CNC(C)c1ccc(Br)cc1F. The van der Waals surface area contributed by atoms with Gasteiger partial charge in [-0.2, -0.15) is 5.26 Å². The monoisotopic (exact) mass is 284 g/mol. The lowest BCUT2D eigenvalue weighted by Gasteiger charge is -2.15. The van der Waals surface area contributed by atoms with E-state index in [-0.39, 0.29) is 17.8 Å². The zero-order chi connectivity index (χ0) is 12.1. The number of nitriles is 1. The standard InChI is InChI=1S/C12H14BrFN2/c1-8(6-15)7-16-9(2)11-4-3-10(13)5-12(11)14/h3-5,8-9,16H,7H2,1-2H3. The van der Waals surface area contributed by atoms with Crippen LogP contribution in [0, 0.1) is 23.1 Å². The van der Waals surface area contributed by atoms with Gasteiger partial charge in [-0.05, 0) is 26.0 Å². The van der Waals surface area contributed by atoms with Crippen molar-refractivity contribution in [1.82, 2.24) is 5.32 Å². The Morgan fingerprint density at radius 1 is 1.50 bits per heavy atom. The molecule has 0 saturated carbocycles. The molecule has 0 radical (unpaired) electrons. The highest BCUT2D eigenvalue weighted by molar-refractivity contribution is 9.10. The molecule has 2 atom stereocenters. The molecule has 0 aliphatic rings. The summed E-state index contributed by atoms with van der Waals surface area (Å²) in [5.74, 6) is -0.306. The summed E-state index contributed by atoms with van der Waals surface area (Å²) in [4.78, 5) is 0. The van der Waals surface area contributed by atoms with E-state index in [1.165, 1.54) is 6.07 Å². The van der Waals surface area contributed by atoms with E-state index < -0.39 is 0 Å². The second kappa shape index (κ2) is 5.97. The van der Waals surface area contributed by atoms with Crippen LogP contribution in [0.1, 0.15) is 25.5 Å². The Morgan fingerprint density at radius 2 is 2.19 bits per heavy atom. The molecule has 0 aliphatic carbocycles. The Labute approximate surface area is 104 Å². The number of nitrogens with one attached hydrogen (secondary N) is 1. The van der Waals surface area contributed by atoms with E-state index >= 15 is 0 Å². The van der Waals surface area contributed by atoms with Crippen LogP contribution in [0.3, 0.4) is 0 Å². The number of benzene rings is 1. The van der Waals surface area contributed by atoms with Crippen LogP contribution in [-0.4, -0.2) is 6.54 Å². The molecule has 1 N–H and O–H groups in total. The number of hydrogen-bond acceptors (Lipinski definition) is 2. The summed E-state index contributed by atoms with van der Waals surface area (Å²) >= 11 is 3.22. The lowest BCUT2D eigenvalue weighted by molar-refractivity contribution is 0.501. The second-order valence-electron chi connectivity index (χ2n) is 3.83. The van der Waals surface area contributed by atoms with Crippen molar-refractivity contribution in [1.29, 1.82) is 5.26 Å². The third-order valence-electron chi connectivity index (χ3n) is 2.38. The van der Waals surface area contributed by atoms with Crippen LogP contribution in [-0.2, 0) is 0 Å². The molecule has 0 fully saturated rings. The molecule has 4 heteroatoms. The third kappa shape index (κ3) is 3.58. The van der Waals surface area contributed by atoms with Gasteiger partial charge < -0.3 is 5.32 Å². The summed E-state index contributed by atoms with van der Waals surface area (Å²) in [6.07, 6.45) is 0. The smallest absolute Gasteiger partial charge is 0.129 e. The minimum absolute atomic E-state index is 0.0686. The topological polar surface area (TPSA) is 35.8 Å². The summed E-state index contributed by atoms with van der Waals surface area (Å²) in [5.41, 5.74) is 0.619. The molecule has 0 amide bonds. The maximum atomic E-state index is 13.6. The van der Waals surface area contributed by atoms with Crippen molar-refractivity contribution in [2.45, 2.75) is 19.9 Å². The van der Waals surface area contributed by atoms with E-state index in [9.17, 15) is 4.39 Å². The molecule has 0 heterocycles. The van der Waals surface area contributed by atoms with E-state index in [1.54, 1.807) is 6.07 Å². The summed E-state index contributed by atoms with van der Waals surface area (Å²) in [5, 5.41) is 11.8. The van der Waals surface area contributed by atoms with Crippen molar-refractivity contribution in [2.75, 3.05) is 6.54 Å². The molecule has 86 valence electrons. The van der Waals surface area contributed by atoms with E-state index in [2.05, 4.69) is 27.3 Å². The number of rotatable bonds is 4. The van der Waals surface area contributed by atoms with Gasteiger partial charge in [0.05, 0.1) is 12.0 Å². The maximum absolute atomic E-state index is 13.6. The molecule has 0 saturated heterocycles. The first kappa shape index (κ1) is 13.1. The molecule has 0 spiro atoms. The second-order valence-corrected chi connectivity index (χ2v) is 4.74. The zero-order valence-corrected chi connectivity index (χ0v) is 10.9. The van der Waals surface area contributed by atoms with Gasteiger partial charge in [-0.1, -0.05) is 22.0 Å². The molecule has 1 rings (SSSR count). The summed E-state index contributed by atoms with van der Waals surface area (Å²) in [6, 6.07) is 7.04. The highest BCUT2D eigenvalue weighted by atomic mass is 79.9. The molecular formula is C12H14BrFN2. The Bertz CT molecular complexity index is 400. The first-order valence-electron chi connectivity index (χ1n) is 5.12. The minimum atomic E-state index is -0.237. The van der Waals surface area contributed by atoms with Crippen LogP contribution >= 0.6 is 15.9 Å². The van der Waals surface area contributed by atoms with Gasteiger partial charge in [-0.15, -0.1) is 0 Å². The van der Waals surface area contributed by atoms with E-state index in [0.29, 0.717) is 12.1 Å². The van der Waals surface area contributed by atoms with Crippen LogP contribution in [0.4, 0.5) is 4.39 Å². The Morgan fingerprint density at radius 3 is 2.75 bits per heavy atom. The fourth-order valence-corrected chi connectivity index (χ4v) is 1.69. The number of hydrogen-bond donors (Lipinski definition) is 1. The van der Waals surface area contributed by atoms with Gasteiger partial charge in [-0.25, -0.2) is 4.39 Å². The lowest BCUT2D eigenvalue weighted by Crippen LogP contribution is -2.24. The van der Waals surface area contributed by atoms with Gasteiger partial charge in [-0.3, -0.25) is 0 Å². The van der Waals surface area contributed by atoms with Gasteiger partial charge in [0.1, 0.15) is 5.82 Å². The van der Waals surface area contributed by atoms with Crippen molar-refractivity contribution in [3.05, 3.63) is 34.1 Å². The van der Waals surface area contributed by atoms with Gasteiger partial charge in [0.2, 0.25) is 0 Å².